The first-order chi connectivity index (χ1) is 6.77. The number of hydrogen-bond acceptors (Lipinski definition) is 2. The lowest BCUT2D eigenvalue weighted by Crippen LogP contribution is -2.47. The van der Waals surface area contributed by atoms with E-state index < -0.39 is 0 Å². The van der Waals surface area contributed by atoms with Crippen molar-refractivity contribution in [2.24, 2.45) is 5.92 Å². The summed E-state index contributed by atoms with van der Waals surface area (Å²) in [6, 6.07) is 0.206. The third kappa shape index (κ3) is 2.00. The Morgan fingerprint density at radius 1 is 1.21 bits per heavy atom. The lowest BCUT2D eigenvalue weighted by atomic mass is 10.2. The van der Waals surface area contributed by atoms with Crippen LogP contribution >= 0.6 is 0 Å². The standard InChI is InChI=1S/C10H18N2O2/c1-9-2-3-12(8-9)10(13)11-4-6-14-7-5-11/h9H,2-8H2,1H3. The average Bonchev–Trinajstić information content (AvgIpc) is 2.65. The van der Waals surface area contributed by atoms with E-state index in [1.54, 1.807) is 0 Å². The van der Waals surface area contributed by atoms with Gasteiger partial charge in [-0.05, 0) is 12.3 Å². The maximum absolute atomic E-state index is 11.9. The van der Waals surface area contributed by atoms with Crippen LogP contribution in [0.2, 0.25) is 0 Å². The number of urea groups is 1. The highest BCUT2D eigenvalue weighted by atomic mass is 16.5. The molecular weight excluding hydrogens is 180 g/mol. The van der Waals surface area contributed by atoms with Crippen molar-refractivity contribution in [2.45, 2.75) is 13.3 Å². The van der Waals surface area contributed by atoms with Gasteiger partial charge in [0.15, 0.2) is 0 Å². The van der Waals surface area contributed by atoms with Crippen molar-refractivity contribution in [3.8, 4) is 0 Å². The van der Waals surface area contributed by atoms with Gasteiger partial charge in [0.05, 0.1) is 13.2 Å². The largest absolute Gasteiger partial charge is 0.378 e. The number of hydrogen-bond donors (Lipinski definition) is 0. The molecule has 0 radical (unpaired) electrons. The van der Waals surface area contributed by atoms with E-state index in [1.165, 1.54) is 0 Å². The molecule has 0 saturated carbocycles. The Balaban J connectivity index is 1.87. The van der Waals surface area contributed by atoms with Crippen LogP contribution in [0.25, 0.3) is 0 Å². The maximum Gasteiger partial charge on any atom is 0.320 e. The summed E-state index contributed by atoms with van der Waals surface area (Å²) < 4.78 is 5.22. The van der Waals surface area contributed by atoms with Gasteiger partial charge in [-0.25, -0.2) is 4.79 Å². The highest BCUT2D eigenvalue weighted by molar-refractivity contribution is 5.74. The van der Waals surface area contributed by atoms with E-state index in [-0.39, 0.29) is 6.03 Å². The van der Waals surface area contributed by atoms with Gasteiger partial charge in [0.1, 0.15) is 0 Å². The molecule has 2 amide bonds. The number of carbonyl (C=O) groups excluding carboxylic acids is 1. The predicted molar refractivity (Wildman–Crippen MR) is 53.1 cm³/mol. The zero-order valence-corrected chi connectivity index (χ0v) is 8.74. The van der Waals surface area contributed by atoms with Gasteiger partial charge in [0.2, 0.25) is 0 Å². The molecule has 2 saturated heterocycles. The van der Waals surface area contributed by atoms with E-state index in [9.17, 15) is 4.79 Å². The van der Waals surface area contributed by atoms with Gasteiger partial charge >= 0.3 is 6.03 Å². The van der Waals surface area contributed by atoms with Crippen LogP contribution in [0.5, 0.6) is 0 Å². The third-order valence-corrected chi connectivity index (χ3v) is 2.98. The van der Waals surface area contributed by atoms with Crippen molar-refractivity contribution in [1.29, 1.82) is 0 Å². The molecule has 2 heterocycles. The van der Waals surface area contributed by atoms with Crippen LogP contribution < -0.4 is 0 Å². The van der Waals surface area contributed by atoms with Gasteiger partial charge in [-0.2, -0.15) is 0 Å². The van der Waals surface area contributed by atoms with Crippen molar-refractivity contribution in [1.82, 2.24) is 9.80 Å². The fourth-order valence-corrected chi connectivity index (χ4v) is 2.06. The van der Waals surface area contributed by atoms with Gasteiger partial charge in [0.25, 0.3) is 0 Å². The maximum atomic E-state index is 11.9. The van der Waals surface area contributed by atoms with Crippen molar-refractivity contribution in [3.63, 3.8) is 0 Å². The zero-order chi connectivity index (χ0) is 9.97. The first-order valence-corrected chi connectivity index (χ1v) is 5.39. The van der Waals surface area contributed by atoms with Crippen molar-refractivity contribution in [3.05, 3.63) is 0 Å². The number of carbonyl (C=O) groups is 1. The summed E-state index contributed by atoms with van der Waals surface area (Å²) in [5.41, 5.74) is 0. The highest BCUT2D eigenvalue weighted by Gasteiger charge is 2.27. The number of rotatable bonds is 0. The summed E-state index contributed by atoms with van der Waals surface area (Å²) in [6.07, 6.45) is 1.15. The molecule has 0 aromatic heterocycles. The minimum atomic E-state index is 0.206. The Hall–Kier alpha value is -0.770. The summed E-state index contributed by atoms with van der Waals surface area (Å²) in [4.78, 5) is 15.8. The van der Waals surface area contributed by atoms with E-state index in [2.05, 4.69) is 6.92 Å². The van der Waals surface area contributed by atoms with Gasteiger partial charge in [-0.3, -0.25) is 0 Å². The zero-order valence-electron chi connectivity index (χ0n) is 8.74. The number of nitrogens with zero attached hydrogens (tertiary/aromatic N) is 2. The normalized spacial score (nSPS) is 28.2. The summed E-state index contributed by atoms with van der Waals surface area (Å²) in [6.45, 7) is 6.94. The molecule has 0 spiro atoms. The summed E-state index contributed by atoms with van der Waals surface area (Å²) in [5, 5.41) is 0. The minimum Gasteiger partial charge on any atom is -0.378 e. The summed E-state index contributed by atoms with van der Waals surface area (Å²) >= 11 is 0. The molecule has 0 aromatic rings. The Kier molecular flexibility index (Phi) is 2.91. The fraction of sp³-hybridized carbons (Fsp3) is 0.900. The number of ether oxygens (including phenoxy) is 1. The quantitative estimate of drug-likeness (QED) is 0.576. The van der Waals surface area contributed by atoms with Crippen molar-refractivity contribution >= 4 is 6.03 Å². The number of amides is 2. The molecule has 80 valence electrons. The second kappa shape index (κ2) is 4.17. The molecule has 0 N–H and O–H groups in total. The van der Waals surface area contributed by atoms with Crippen LogP contribution in [0, 0.1) is 5.92 Å². The third-order valence-electron chi connectivity index (χ3n) is 2.98. The highest BCUT2D eigenvalue weighted by Crippen LogP contribution is 2.17. The lowest BCUT2D eigenvalue weighted by molar-refractivity contribution is 0.0449. The van der Waals surface area contributed by atoms with Crippen LogP contribution in [0.4, 0.5) is 4.79 Å². The molecule has 0 aliphatic carbocycles. The molecule has 14 heavy (non-hydrogen) atoms. The SMILES string of the molecule is CC1CCN(C(=O)N2CCOCC2)C1. The monoisotopic (exact) mass is 198 g/mol. The van der Waals surface area contributed by atoms with Gasteiger partial charge < -0.3 is 14.5 Å². The van der Waals surface area contributed by atoms with E-state index in [1.807, 2.05) is 9.80 Å². The van der Waals surface area contributed by atoms with Crippen LogP contribution in [0.3, 0.4) is 0 Å². The molecular formula is C10H18N2O2. The molecule has 0 bridgehead atoms. The van der Waals surface area contributed by atoms with Crippen molar-refractivity contribution in [2.75, 3.05) is 39.4 Å². The van der Waals surface area contributed by atoms with Crippen LogP contribution in [0.1, 0.15) is 13.3 Å². The van der Waals surface area contributed by atoms with E-state index in [0.29, 0.717) is 19.1 Å². The first-order valence-electron chi connectivity index (χ1n) is 5.39. The molecule has 1 unspecified atom stereocenters. The topological polar surface area (TPSA) is 32.8 Å². The fourth-order valence-electron chi connectivity index (χ4n) is 2.06. The average molecular weight is 198 g/mol. The number of morpholine rings is 1. The molecule has 4 heteroatoms. The van der Waals surface area contributed by atoms with Crippen LogP contribution in [0.15, 0.2) is 0 Å². The Morgan fingerprint density at radius 2 is 1.93 bits per heavy atom. The lowest BCUT2D eigenvalue weighted by Gasteiger charge is -2.30. The van der Waals surface area contributed by atoms with Gasteiger partial charge in [-0.15, -0.1) is 0 Å². The van der Waals surface area contributed by atoms with Gasteiger partial charge in [0, 0.05) is 26.2 Å². The van der Waals surface area contributed by atoms with E-state index >= 15 is 0 Å². The van der Waals surface area contributed by atoms with E-state index in [4.69, 9.17) is 4.74 Å². The molecule has 2 aliphatic rings. The smallest absolute Gasteiger partial charge is 0.320 e. The van der Waals surface area contributed by atoms with E-state index in [0.717, 1.165) is 32.6 Å². The second-order valence-electron chi connectivity index (χ2n) is 4.22. The molecule has 0 aromatic carbocycles. The second-order valence-corrected chi connectivity index (χ2v) is 4.22. The summed E-state index contributed by atoms with van der Waals surface area (Å²) in [7, 11) is 0. The first kappa shape index (κ1) is 9.77. The molecule has 2 rings (SSSR count). The predicted octanol–water partition coefficient (Wildman–Crippen LogP) is 0.780. The Labute approximate surface area is 84.8 Å². The molecule has 1 atom stereocenters. The molecule has 2 fully saturated rings. The van der Waals surface area contributed by atoms with Crippen molar-refractivity contribution < 1.29 is 9.53 Å². The summed E-state index contributed by atoms with van der Waals surface area (Å²) in [5.74, 6) is 0.667. The number of likely N-dealkylation sites (tertiary alicyclic amines) is 1. The van der Waals surface area contributed by atoms with Gasteiger partial charge in [-0.1, -0.05) is 6.92 Å². The minimum absolute atomic E-state index is 0.206. The Morgan fingerprint density at radius 3 is 2.50 bits per heavy atom. The molecule has 4 nitrogen and oxygen atoms in total. The molecule has 2 aliphatic heterocycles. The Bertz CT molecular complexity index is 207. The van der Waals surface area contributed by atoms with Crippen LogP contribution in [-0.4, -0.2) is 55.2 Å². The van der Waals surface area contributed by atoms with Crippen LogP contribution in [-0.2, 0) is 4.74 Å².